The van der Waals surface area contributed by atoms with Gasteiger partial charge in [0.1, 0.15) is 0 Å². The van der Waals surface area contributed by atoms with Crippen LogP contribution in [-0.2, 0) is 14.3 Å². The molecule has 0 saturated carbocycles. The molecule has 1 aromatic rings. The number of allylic oxidation sites excluding steroid dienone is 4. The normalized spacial score (nSPS) is 19.0. The number of methoxy groups -OCH3 is 1. The predicted molar refractivity (Wildman–Crippen MR) is 131 cm³/mol. The number of nitrogens with zero attached hydrogens (tertiary/aromatic N) is 1. The molecule has 34 heavy (non-hydrogen) atoms. The van der Waals surface area contributed by atoms with Gasteiger partial charge in [-0.2, -0.15) is 0 Å². The average molecular weight is 468 g/mol. The molecular weight excluding hydrogens is 430 g/mol. The Morgan fingerprint density at radius 3 is 2.18 bits per heavy atom. The molecule has 0 radical (unpaired) electrons. The maximum Gasteiger partial charge on any atom is 0.161 e. The zero-order valence-electron chi connectivity index (χ0n) is 20.9. The first kappa shape index (κ1) is 24.5. The second kappa shape index (κ2) is 10.8. The van der Waals surface area contributed by atoms with Crippen LogP contribution in [0, 0.1) is 0 Å². The lowest BCUT2D eigenvalue weighted by Crippen LogP contribution is -2.39. The minimum absolute atomic E-state index is 0.0175. The Balaban J connectivity index is 1.85. The van der Waals surface area contributed by atoms with Gasteiger partial charge in [-0.05, 0) is 70.6 Å². The highest BCUT2D eigenvalue weighted by Gasteiger charge is 2.43. The van der Waals surface area contributed by atoms with Gasteiger partial charge in [0, 0.05) is 61.6 Å². The molecule has 4 rings (SSSR count). The minimum atomic E-state index is -0.336. The van der Waals surface area contributed by atoms with Crippen molar-refractivity contribution < 1.29 is 23.8 Å². The standard InChI is InChI=1S/C28H37NO5/c1-5-33-25-17-19(13-14-24(25)34-18(2)3)26-27-20(9-6-11-22(27)30)29(15-8-16-32-4)21-10-7-12-23(31)28(21)26/h13-14,17-18,26H,5-12,15-16H2,1-4H3. The zero-order chi connectivity index (χ0) is 24.2. The molecule has 1 aliphatic heterocycles. The van der Waals surface area contributed by atoms with Gasteiger partial charge in [-0.15, -0.1) is 0 Å². The fourth-order valence-electron chi connectivity index (χ4n) is 5.51. The van der Waals surface area contributed by atoms with Crippen molar-refractivity contribution in [2.24, 2.45) is 0 Å². The van der Waals surface area contributed by atoms with Crippen LogP contribution in [0.25, 0.3) is 0 Å². The van der Waals surface area contributed by atoms with Crippen LogP contribution in [0.1, 0.15) is 77.2 Å². The summed E-state index contributed by atoms with van der Waals surface area (Å²) in [4.78, 5) is 29.1. The van der Waals surface area contributed by atoms with Crippen LogP contribution in [0.4, 0.5) is 0 Å². The van der Waals surface area contributed by atoms with E-state index in [4.69, 9.17) is 14.2 Å². The molecule has 0 saturated heterocycles. The van der Waals surface area contributed by atoms with Crippen molar-refractivity contribution in [3.63, 3.8) is 0 Å². The van der Waals surface area contributed by atoms with Crippen molar-refractivity contribution >= 4 is 11.6 Å². The Morgan fingerprint density at radius 1 is 0.971 bits per heavy atom. The van der Waals surface area contributed by atoms with Gasteiger partial charge in [-0.25, -0.2) is 0 Å². The highest BCUT2D eigenvalue weighted by molar-refractivity contribution is 6.06. The highest BCUT2D eigenvalue weighted by Crippen LogP contribution is 2.50. The van der Waals surface area contributed by atoms with Crippen molar-refractivity contribution in [2.45, 2.75) is 77.7 Å². The molecule has 0 amide bonds. The number of ketones is 2. The number of carbonyl (C=O) groups is 2. The summed E-state index contributed by atoms with van der Waals surface area (Å²) >= 11 is 0. The van der Waals surface area contributed by atoms with Crippen LogP contribution >= 0.6 is 0 Å². The monoisotopic (exact) mass is 467 g/mol. The molecule has 2 aliphatic carbocycles. The van der Waals surface area contributed by atoms with Gasteiger partial charge >= 0.3 is 0 Å². The summed E-state index contributed by atoms with van der Waals surface area (Å²) in [7, 11) is 1.71. The van der Waals surface area contributed by atoms with Crippen molar-refractivity contribution in [3.05, 3.63) is 46.3 Å². The predicted octanol–water partition coefficient (Wildman–Crippen LogP) is 5.32. The smallest absolute Gasteiger partial charge is 0.161 e. The molecule has 0 aromatic heterocycles. The van der Waals surface area contributed by atoms with E-state index in [0.717, 1.165) is 66.8 Å². The molecule has 184 valence electrons. The lowest BCUT2D eigenvalue weighted by molar-refractivity contribution is -0.117. The Hall–Kier alpha value is -2.60. The fraction of sp³-hybridized carbons (Fsp3) is 0.571. The van der Waals surface area contributed by atoms with Gasteiger partial charge < -0.3 is 19.1 Å². The van der Waals surface area contributed by atoms with Crippen LogP contribution in [0.5, 0.6) is 11.5 Å². The van der Waals surface area contributed by atoms with Gasteiger partial charge in [0.05, 0.1) is 12.7 Å². The summed E-state index contributed by atoms with van der Waals surface area (Å²) in [6.45, 7) is 7.85. The number of hydrogen-bond acceptors (Lipinski definition) is 6. The van der Waals surface area contributed by atoms with E-state index in [1.807, 2.05) is 39.0 Å². The van der Waals surface area contributed by atoms with Crippen molar-refractivity contribution in [2.75, 3.05) is 26.9 Å². The average Bonchev–Trinajstić information content (AvgIpc) is 2.80. The molecule has 1 aromatic carbocycles. The van der Waals surface area contributed by atoms with Gasteiger partial charge in [-0.1, -0.05) is 6.07 Å². The van der Waals surface area contributed by atoms with E-state index in [-0.39, 0.29) is 23.6 Å². The number of ether oxygens (including phenoxy) is 3. The molecule has 0 bridgehead atoms. The lowest BCUT2D eigenvalue weighted by atomic mass is 9.71. The largest absolute Gasteiger partial charge is 0.490 e. The van der Waals surface area contributed by atoms with Gasteiger partial charge in [0.25, 0.3) is 0 Å². The van der Waals surface area contributed by atoms with Gasteiger partial charge in [0.15, 0.2) is 23.1 Å². The van der Waals surface area contributed by atoms with Crippen molar-refractivity contribution in [3.8, 4) is 11.5 Å². The van der Waals surface area contributed by atoms with E-state index < -0.39 is 0 Å². The SMILES string of the molecule is CCOc1cc(C2C3=C(CCCC3=O)N(CCCOC)C3=C2C(=O)CCC3)ccc1OC(C)C. The third kappa shape index (κ3) is 4.78. The van der Waals surface area contributed by atoms with Crippen LogP contribution in [0.2, 0.25) is 0 Å². The topological polar surface area (TPSA) is 65.1 Å². The van der Waals surface area contributed by atoms with Crippen LogP contribution in [-0.4, -0.2) is 49.4 Å². The zero-order valence-corrected chi connectivity index (χ0v) is 20.9. The fourth-order valence-corrected chi connectivity index (χ4v) is 5.51. The number of carbonyl (C=O) groups excluding carboxylic acids is 2. The van der Waals surface area contributed by atoms with Crippen LogP contribution in [0.3, 0.4) is 0 Å². The quantitative estimate of drug-likeness (QED) is 0.458. The first-order valence-electron chi connectivity index (χ1n) is 12.7. The van der Waals surface area contributed by atoms with Crippen LogP contribution < -0.4 is 9.47 Å². The summed E-state index contributed by atoms with van der Waals surface area (Å²) in [5, 5.41) is 0. The Kier molecular flexibility index (Phi) is 7.77. The maximum atomic E-state index is 13.4. The van der Waals surface area contributed by atoms with E-state index >= 15 is 0 Å². The minimum Gasteiger partial charge on any atom is -0.490 e. The van der Waals surface area contributed by atoms with E-state index in [1.165, 1.54) is 0 Å². The summed E-state index contributed by atoms with van der Waals surface area (Å²) < 4.78 is 17.2. The Labute approximate surface area is 202 Å². The van der Waals surface area contributed by atoms with Crippen molar-refractivity contribution in [1.29, 1.82) is 0 Å². The van der Waals surface area contributed by atoms with Crippen LogP contribution in [0.15, 0.2) is 40.7 Å². The molecule has 3 aliphatic rings. The number of rotatable bonds is 9. The third-order valence-corrected chi connectivity index (χ3v) is 6.78. The second-order valence-corrected chi connectivity index (χ2v) is 9.51. The molecule has 0 spiro atoms. The Morgan fingerprint density at radius 2 is 1.62 bits per heavy atom. The summed E-state index contributed by atoms with van der Waals surface area (Å²) in [6.07, 6.45) is 5.37. The number of hydrogen-bond donors (Lipinski definition) is 0. The summed E-state index contributed by atoms with van der Waals surface area (Å²) in [5.41, 5.74) is 4.74. The molecular formula is C28H37NO5. The lowest BCUT2D eigenvalue weighted by Gasteiger charge is -2.44. The summed E-state index contributed by atoms with van der Waals surface area (Å²) in [5.74, 6) is 1.33. The van der Waals surface area contributed by atoms with E-state index in [1.54, 1.807) is 7.11 Å². The second-order valence-electron chi connectivity index (χ2n) is 9.51. The van der Waals surface area contributed by atoms with Gasteiger partial charge in [-0.3, -0.25) is 9.59 Å². The molecule has 6 heteroatoms. The highest BCUT2D eigenvalue weighted by atomic mass is 16.5. The van der Waals surface area contributed by atoms with Gasteiger partial charge in [0.2, 0.25) is 0 Å². The molecule has 1 heterocycles. The molecule has 0 fully saturated rings. The number of benzene rings is 1. The van der Waals surface area contributed by atoms with E-state index in [0.29, 0.717) is 37.6 Å². The third-order valence-electron chi connectivity index (χ3n) is 6.78. The van der Waals surface area contributed by atoms with E-state index in [9.17, 15) is 9.59 Å². The first-order chi connectivity index (χ1) is 16.5. The molecule has 0 atom stereocenters. The first-order valence-corrected chi connectivity index (χ1v) is 12.7. The molecule has 6 nitrogen and oxygen atoms in total. The maximum absolute atomic E-state index is 13.4. The van der Waals surface area contributed by atoms with E-state index in [2.05, 4.69) is 4.90 Å². The van der Waals surface area contributed by atoms with Crippen molar-refractivity contribution in [1.82, 2.24) is 4.90 Å². The Bertz CT molecular complexity index is 962. The molecule has 0 unspecified atom stereocenters. The number of Topliss-reactive ketones (excluding diaryl/α,β-unsaturated/α-hetero) is 2. The molecule has 0 N–H and O–H groups in total. The summed E-state index contributed by atoms with van der Waals surface area (Å²) in [6, 6.07) is 5.91.